The van der Waals surface area contributed by atoms with Gasteiger partial charge in [0.05, 0.1) is 0 Å². The second kappa shape index (κ2) is 8.73. The van der Waals surface area contributed by atoms with Gasteiger partial charge in [-0.2, -0.15) is 0 Å². The average molecular weight is 385 g/mol. The molecule has 0 radical (unpaired) electrons. The van der Waals surface area contributed by atoms with E-state index in [0.717, 1.165) is 25.9 Å². The molecular formula is C20H20FN3O2S. The van der Waals surface area contributed by atoms with Crippen LogP contribution in [0.1, 0.15) is 40.0 Å². The third-order valence-electron chi connectivity index (χ3n) is 4.37. The molecule has 3 rings (SSSR count). The van der Waals surface area contributed by atoms with Crippen LogP contribution in [0.4, 0.5) is 10.1 Å². The average Bonchev–Trinajstić information content (AvgIpc) is 2.69. The Morgan fingerprint density at radius 1 is 0.889 bits per heavy atom. The van der Waals surface area contributed by atoms with Crippen molar-refractivity contribution in [2.75, 3.05) is 18.4 Å². The molecule has 1 heterocycles. The molecule has 0 aromatic heterocycles. The molecule has 0 atom stereocenters. The Balaban J connectivity index is 1.55. The van der Waals surface area contributed by atoms with Gasteiger partial charge in [0.25, 0.3) is 11.8 Å². The van der Waals surface area contributed by atoms with E-state index in [1.807, 2.05) is 4.90 Å². The highest BCUT2D eigenvalue weighted by molar-refractivity contribution is 7.80. The number of rotatable bonds is 3. The second-order valence-corrected chi connectivity index (χ2v) is 6.75. The highest BCUT2D eigenvalue weighted by Crippen LogP contribution is 2.15. The van der Waals surface area contributed by atoms with Crippen LogP contribution < -0.4 is 10.6 Å². The number of thiocarbonyl (C=S) groups is 1. The molecule has 140 valence electrons. The minimum absolute atomic E-state index is 0.0356. The summed E-state index contributed by atoms with van der Waals surface area (Å²) < 4.78 is 12.9. The van der Waals surface area contributed by atoms with Gasteiger partial charge in [0.2, 0.25) is 0 Å². The molecule has 1 aliphatic heterocycles. The standard InChI is InChI=1S/C20H20FN3O2S/c21-16-8-4-14(5-9-16)18(25)23-20(27)22-17-10-6-15(7-11-17)19(26)24-12-2-1-3-13-24/h4-11H,1-3,12-13H2,(H2,22,23,25,27). The molecule has 5 nitrogen and oxygen atoms in total. The maximum Gasteiger partial charge on any atom is 0.257 e. The summed E-state index contributed by atoms with van der Waals surface area (Å²) in [5.74, 6) is -0.802. The minimum Gasteiger partial charge on any atom is -0.339 e. The molecule has 0 aliphatic carbocycles. The summed E-state index contributed by atoms with van der Waals surface area (Å²) in [6.45, 7) is 1.61. The van der Waals surface area contributed by atoms with E-state index in [0.29, 0.717) is 16.8 Å². The van der Waals surface area contributed by atoms with E-state index < -0.39 is 11.7 Å². The van der Waals surface area contributed by atoms with E-state index >= 15 is 0 Å². The van der Waals surface area contributed by atoms with Gasteiger partial charge in [-0.05, 0) is 80.0 Å². The summed E-state index contributed by atoms with van der Waals surface area (Å²) >= 11 is 5.13. The van der Waals surface area contributed by atoms with Crippen LogP contribution in [-0.2, 0) is 0 Å². The van der Waals surface area contributed by atoms with Crippen molar-refractivity contribution < 1.29 is 14.0 Å². The van der Waals surface area contributed by atoms with Crippen molar-refractivity contribution in [2.45, 2.75) is 19.3 Å². The molecule has 1 aliphatic rings. The van der Waals surface area contributed by atoms with E-state index in [2.05, 4.69) is 10.6 Å². The fourth-order valence-electron chi connectivity index (χ4n) is 2.91. The first-order chi connectivity index (χ1) is 13.0. The number of anilines is 1. The van der Waals surface area contributed by atoms with Crippen molar-refractivity contribution >= 4 is 34.8 Å². The van der Waals surface area contributed by atoms with Gasteiger partial charge in [-0.25, -0.2) is 4.39 Å². The number of benzene rings is 2. The zero-order chi connectivity index (χ0) is 19.2. The lowest BCUT2D eigenvalue weighted by Gasteiger charge is -2.26. The lowest BCUT2D eigenvalue weighted by molar-refractivity contribution is 0.0724. The summed E-state index contributed by atoms with van der Waals surface area (Å²) in [5.41, 5.74) is 1.60. The molecule has 0 spiro atoms. The van der Waals surface area contributed by atoms with Crippen LogP contribution in [-0.4, -0.2) is 34.9 Å². The first-order valence-corrected chi connectivity index (χ1v) is 9.21. The lowest BCUT2D eigenvalue weighted by atomic mass is 10.1. The van der Waals surface area contributed by atoms with Crippen LogP contribution >= 0.6 is 12.2 Å². The van der Waals surface area contributed by atoms with Gasteiger partial charge >= 0.3 is 0 Å². The SMILES string of the molecule is O=C(NC(=S)Nc1ccc(C(=O)N2CCCCC2)cc1)c1ccc(F)cc1. The number of hydrogen-bond acceptors (Lipinski definition) is 3. The molecule has 7 heteroatoms. The van der Waals surface area contributed by atoms with Crippen LogP contribution in [0.5, 0.6) is 0 Å². The highest BCUT2D eigenvalue weighted by Gasteiger charge is 2.18. The van der Waals surface area contributed by atoms with Crippen molar-refractivity contribution in [3.05, 3.63) is 65.5 Å². The number of likely N-dealkylation sites (tertiary alicyclic amines) is 1. The van der Waals surface area contributed by atoms with Crippen LogP contribution in [0.25, 0.3) is 0 Å². The van der Waals surface area contributed by atoms with Crippen LogP contribution in [0, 0.1) is 5.82 Å². The summed E-state index contributed by atoms with van der Waals surface area (Å²) in [5, 5.41) is 5.56. The number of halogens is 1. The van der Waals surface area contributed by atoms with E-state index in [1.54, 1.807) is 24.3 Å². The maximum atomic E-state index is 12.9. The Morgan fingerprint density at radius 2 is 1.48 bits per heavy atom. The molecule has 0 unspecified atom stereocenters. The topological polar surface area (TPSA) is 61.4 Å². The summed E-state index contributed by atoms with van der Waals surface area (Å²) in [4.78, 5) is 26.4. The monoisotopic (exact) mass is 385 g/mol. The highest BCUT2D eigenvalue weighted by atomic mass is 32.1. The predicted octanol–water partition coefficient (Wildman–Crippen LogP) is 3.58. The van der Waals surface area contributed by atoms with Crippen molar-refractivity contribution in [1.29, 1.82) is 0 Å². The van der Waals surface area contributed by atoms with E-state index in [9.17, 15) is 14.0 Å². The molecule has 1 fully saturated rings. The molecule has 2 aromatic carbocycles. The largest absolute Gasteiger partial charge is 0.339 e. The van der Waals surface area contributed by atoms with E-state index in [4.69, 9.17) is 12.2 Å². The maximum absolute atomic E-state index is 12.9. The van der Waals surface area contributed by atoms with Gasteiger partial charge in [-0.3, -0.25) is 14.9 Å². The molecule has 0 bridgehead atoms. The van der Waals surface area contributed by atoms with Crippen molar-refractivity contribution in [3.63, 3.8) is 0 Å². The van der Waals surface area contributed by atoms with Crippen LogP contribution in [0.3, 0.4) is 0 Å². The lowest BCUT2D eigenvalue weighted by Crippen LogP contribution is -2.35. The fourth-order valence-corrected chi connectivity index (χ4v) is 3.13. The molecule has 2 N–H and O–H groups in total. The van der Waals surface area contributed by atoms with Gasteiger partial charge in [0, 0.05) is 29.9 Å². The van der Waals surface area contributed by atoms with Gasteiger partial charge in [0.1, 0.15) is 5.82 Å². The quantitative estimate of drug-likeness (QED) is 0.793. The normalized spacial score (nSPS) is 13.7. The fraction of sp³-hybridized carbons (Fsp3) is 0.250. The molecular weight excluding hydrogens is 365 g/mol. The van der Waals surface area contributed by atoms with Gasteiger partial charge in [-0.1, -0.05) is 0 Å². The molecule has 0 saturated carbocycles. The summed E-state index contributed by atoms with van der Waals surface area (Å²) in [6, 6.07) is 12.2. The van der Waals surface area contributed by atoms with Gasteiger partial charge in [0.15, 0.2) is 5.11 Å². The minimum atomic E-state index is -0.426. The molecule has 1 saturated heterocycles. The number of amides is 2. The smallest absolute Gasteiger partial charge is 0.257 e. The van der Waals surface area contributed by atoms with Gasteiger partial charge < -0.3 is 10.2 Å². The Bertz CT molecular complexity index is 831. The Labute approximate surface area is 162 Å². The van der Waals surface area contributed by atoms with Crippen molar-refractivity contribution in [1.82, 2.24) is 10.2 Å². The first-order valence-electron chi connectivity index (χ1n) is 8.80. The van der Waals surface area contributed by atoms with Crippen LogP contribution in [0.15, 0.2) is 48.5 Å². The summed E-state index contributed by atoms with van der Waals surface area (Å²) in [7, 11) is 0. The Hall–Kier alpha value is -2.80. The number of carbonyl (C=O) groups excluding carboxylic acids is 2. The van der Waals surface area contributed by atoms with E-state index in [1.165, 1.54) is 30.7 Å². The molecule has 2 aromatic rings. The molecule has 27 heavy (non-hydrogen) atoms. The zero-order valence-electron chi connectivity index (χ0n) is 14.7. The second-order valence-electron chi connectivity index (χ2n) is 6.35. The number of nitrogens with one attached hydrogen (secondary N) is 2. The van der Waals surface area contributed by atoms with E-state index in [-0.39, 0.29) is 11.0 Å². The number of carbonyl (C=O) groups is 2. The number of nitrogens with zero attached hydrogens (tertiary/aromatic N) is 1. The van der Waals surface area contributed by atoms with Gasteiger partial charge in [-0.15, -0.1) is 0 Å². The number of hydrogen-bond donors (Lipinski definition) is 2. The zero-order valence-corrected chi connectivity index (χ0v) is 15.5. The third-order valence-corrected chi connectivity index (χ3v) is 4.57. The Kier molecular flexibility index (Phi) is 6.13. The van der Waals surface area contributed by atoms with Crippen molar-refractivity contribution in [2.24, 2.45) is 0 Å². The van der Waals surface area contributed by atoms with Crippen LogP contribution in [0.2, 0.25) is 0 Å². The number of piperidine rings is 1. The van der Waals surface area contributed by atoms with Crippen molar-refractivity contribution in [3.8, 4) is 0 Å². The Morgan fingerprint density at radius 3 is 2.11 bits per heavy atom. The third kappa shape index (κ3) is 5.10. The first kappa shape index (κ1) is 19.0. The summed E-state index contributed by atoms with van der Waals surface area (Å²) in [6.07, 6.45) is 3.27. The molecule has 2 amide bonds. The predicted molar refractivity (Wildman–Crippen MR) is 106 cm³/mol.